The van der Waals surface area contributed by atoms with E-state index in [1.807, 2.05) is 0 Å². The fraction of sp³-hybridized carbons (Fsp3) is 0.222. The van der Waals surface area contributed by atoms with E-state index < -0.39 is 15.8 Å². The third-order valence-corrected chi connectivity index (χ3v) is 2.80. The van der Waals surface area contributed by atoms with Gasteiger partial charge >= 0.3 is 0 Å². The van der Waals surface area contributed by atoms with Crippen molar-refractivity contribution in [3.63, 3.8) is 0 Å². The first-order valence-electron chi connectivity index (χ1n) is 4.24. The van der Waals surface area contributed by atoms with E-state index in [0.29, 0.717) is 11.3 Å². The average Bonchev–Trinajstić information content (AvgIpc) is 2.17. The van der Waals surface area contributed by atoms with Crippen molar-refractivity contribution in [3.05, 3.63) is 29.8 Å². The molecule has 0 saturated heterocycles. The maximum atomic E-state index is 11.3. The van der Waals surface area contributed by atoms with Crippen molar-refractivity contribution in [2.24, 2.45) is 5.73 Å². The molecule has 1 aromatic rings. The normalized spacial score (nSPS) is 10.7. The molecule has 0 aliphatic heterocycles. The highest BCUT2D eigenvalue weighted by atomic mass is 32.2. The Morgan fingerprint density at radius 1 is 1.40 bits per heavy atom. The molecular weight excluding hydrogens is 214 g/mol. The van der Waals surface area contributed by atoms with Crippen LogP contribution in [0.5, 0.6) is 0 Å². The van der Waals surface area contributed by atoms with Crippen molar-refractivity contribution < 1.29 is 8.42 Å². The number of nitrogens with one attached hydrogen (secondary N) is 1. The van der Waals surface area contributed by atoms with Crippen LogP contribution >= 0.6 is 0 Å². The Kier molecular flexibility index (Phi) is 3.66. The van der Waals surface area contributed by atoms with Gasteiger partial charge in [0.2, 0.25) is 10.0 Å². The number of para-hydroxylation sites is 1. The Hall–Kier alpha value is -1.58. The van der Waals surface area contributed by atoms with Gasteiger partial charge in [0.15, 0.2) is 5.75 Å². The molecule has 0 saturated carbocycles. The van der Waals surface area contributed by atoms with Crippen LogP contribution in [0.25, 0.3) is 0 Å². The van der Waals surface area contributed by atoms with Crippen LogP contribution in [0, 0.1) is 11.3 Å². The number of benzene rings is 1. The van der Waals surface area contributed by atoms with Crippen molar-refractivity contribution in [1.29, 1.82) is 5.26 Å². The maximum absolute atomic E-state index is 11.3. The van der Waals surface area contributed by atoms with E-state index in [4.69, 9.17) is 11.0 Å². The summed E-state index contributed by atoms with van der Waals surface area (Å²) in [5, 5.41) is 8.31. The van der Waals surface area contributed by atoms with E-state index in [2.05, 4.69) is 4.72 Å². The standard InChI is InChI=1S/C9H11N3O2S/c10-5-6-15(13,14)12-9-4-2-1-3-8(9)7-11/h1-4,12H,6-7,11H2. The fourth-order valence-electron chi connectivity index (χ4n) is 1.09. The molecule has 6 heteroatoms. The number of hydrogen-bond acceptors (Lipinski definition) is 4. The zero-order valence-electron chi connectivity index (χ0n) is 7.97. The van der Waals surface area contributed by atoms with Crippen LogP contribution in [0.2, 0.25) is 0 Å². The summed E-state index contributed by atoms with van der Waals surface area (Å²) in [5.74, 6) is -0.564. The van der Waals surface area contributed by atoms with Gasteiger partial charge in [-0.05, 0) is 11.6 Å². The third-order valence-electron chi connectivity index (χ3n) is 1.76. The number of hydrogen-bond donors (Lipinski definition) is 2. The second-order valence-corrected chi connectivity index (χ2v) is 4.60. The summed E-state index contributed by atoms with van der Waals surface area (Å²) in [7, 11) is -3.58. The Morgan fingerprint density at radius 3 is 2.67 bits per heavy atom. The molecule has 1 rings (SSSR count). The predicted octanol–water partition coefficient (Wildman–Crippen LogP) is 0.411. The van der Waals surface area contributed by atoms with E-state index >= 15 is 0 Å². The smallest absolute Gasteiger partial charge is 0.246 e. The number of anilines is 1. The third kappa shape index (κ3) is 3.23. The van der Waals surface area contributed by atoms with Gasteiger partial charge in [-0.15, -0.1) is 0 Å². The number of nitrogens with two attached hydrogens (primary N) is 1. The summed E-state index contributed by atoms with van der Waals surface area (Å²) in [6.45, 7) is 0.241. The second-order valence-electron chi connectivity index (χ2n) is 2.88. The Morgan fingerprint density at radius 2 is 2.07 bits per heavy atom. The van der Waals surface area contributed by atoms with Crippen LogP contribution in [0.4, 0.5) is 5.69 Å². The minimum atomic E-state index is -3.58. The zero-order valence-corrected chi connectivity index (χ0v) is 8.79. The quantitative estimate of drug-likeness (QED) is 0.775. The molecule has 1 aromatic carbocycles. The average molecular weight is 225 g/mol. The Labute approximate surface area is 88.6 Å². The molecule has 0 atom stereocenters. The largest absolute Gasteiger partial charge is 0.326 e. The van der Waals surface area contributed by atoms with Gasteiger partial charge in [0.05, 0.1) is 11.8 Å². The monoisotopic (exact) mass is 225 g/mol. The number of sulfonamides is 1. The van der Waals surface area contributed by atoms with Crippen molar-refractivity contribution >= 4 is 15.7 Å². The number of nitriles is 1. The highest BCUT2D eigenvalue weighted by Gasteiger charge is 2.11. The topological polar surface area (TPSA) is 96.0 Å². The van der Waals surface area contributed by atoms with E-state index in [1.165, 1.54) is 0 Å². The molecule has 3 N–H and O–H groups in total. The van der Waals surface area contributed by atoms with Gasteiger partial charge in [-0.2, -0.15) is 5.26 Å². The lowest BCUT2D eigenvalue weighted by atomic mass is 10.2. The van der Waals surface area contributed by atoms with Crippen LogP contribution < -0.4 is 10.5 Å². The van der Waals surface area contributed by atoms with E-state index in [9.17, 15) is 8.42 Å². The molecule has 0 unspecified atom stereocenters. The number of rotatable bonds is 4. The molecule has 0 bridgehead atoms. The highest BCUT2D eigenvalue weighted by molar-refractivity contribution is 7.92. The second kappa shape index (κ2) is 4.77. The molecule has 0 spiro atoms. The van der Waals surface area contributed by atoms with Crippen LogP contribution in [-0.2, 0) is 16.6 Å². The SMILES string of the molecule is N#CCS(=O)(=O)Nc1ccccc1CN. The molecule has 0 aliphatic rings. The molecule has 80 valence electrons. The minimum Gasteiger partial charge on any atom is -0.326 e. The van der Waals surface area contributed by atoms with E-state index in [0.717, 1.165) is 0 Å². The van der Waals surface area contributed by atoms with E-state index in [-0.39, 0.29) is 6.54 Å². The first-order valence-corrected chi connectivity index (χ1v) is 5.89. The van der Waals surface area contributed by atoms with Gasteiger partial charge < -0.3 is 5.73 Å². The van der Waals surface area contributed by atoms with Gasteiger partial charge in [0, 0.05) is 6.54 Å². The lowest BCUT2D eigenvalue weighted by molar-refractivity contribution is 0.604. The van der Waals surface area contributed by atoms with Crippen molar-refractivity contribution in [2.45, 2.75) is 6.54 Å². The van der Waals surface area contributed by atoms with Crippen LogP contribution in [0.3, 0.4) is 0 Å². The van der Waals surface area contributed by atoms with Crippen LogP contribution in [0.15, 0.2) is 24.3 Å². The van der Waals surface area contributed by atoms with Gasteiger partial charge in [-0.25, -0.2) is 8.42 Å². The molecule has 0 fully saturated rings. The summed E-state index contributed by atoms with van der Waals surface area (Å²) >= 11 is 0. The predicted molar refractivity (Wildman–Crippen MR) is 57.4 cm³/mol. The van der Waals surface area contributed by atoms with Gasteiger partial charge in [-0.1, -0.05) is 18.2 Å². The summed E-state index contributed by atoms with van der Waals surface area (Å²) in [5.41, 5.74) is 6.56. The minimum absolute atomic E-state index is 0.241. The molecule has 0 amide bonds. The molecule has 0 aromatic heterocycles. The lowest BCUT2D eigenvalue weighted by Gasteiger charge is -2.09. The lowest BCUT2D eigenvalue weighted by Crippen LogP contribution is -2.17. The summed E-state index contributed by atoms with van der Waals surface area (Å²) < 4.78 is 24.9. The number of nitrogens with zero attached hydrogens (tertiary/aromatic N) is 1. The zero-order chi connectivity index (χ0) is 11.3. The molecule has 0 radical (unpaired) electrons. The molecule has 0 heterocycles. The molecule has 0 aliphatic carbocycles. The molecule has 5 nitrogen and oxygen atoms in total. The van der Waals surface area contributed by atoms with E-state index in [1.54, 1.807) is 30.3 Å². The first kappa shape index (κ1) is 11.5. The molecule has 15 heavy (non-hydrogen) atoms. The fourth-order valence-corrected chi connectivity index (χ4v) is 1.86. The summed E-state index contributed by atoms with van der Waals surface area (Å²) in [6, 6.07) is 8.38. The van der Waals surface area contributed by atoms with Gasteiger partial charge in [0.25, 0.3) is 0 Å². The summed E-state index contributed by atoms with van der Waals surface area (Å²) in [4.78, 5) is 0. The molecular formula is C9H11N3O2S. The van der Waals surface area contributed by atoms with Crippen molar-refractivity contribution in [1.82, 2.24) is 0 Å². The van der Waals surface area contributed by atoms with Gasteiger partial charge in [-0.3, -0.25) is 4.72 Å². The first-order chi connectivity index (χ1) is 7.09. The van der Waals surface area contributed by atoms with Gasteiger partial charge in [0.1, 0.15) is 0 Å². The maximum Gasteiger partial charge on any atom is 0.246 e. The summed E-state index contributed by atoms with van der Waals surface area (Å²) in [6.07, 6.45) is 0. The Bertz CT molecular complexity index is 476. The van der Waals surface area contributed by atoms with Crippen molar-refractivity contribution in [2.75, 3.05) is 10.5 Å². The van der Waals surface area contributed by atoms with Crippen LogP contribution in [0.1, 0.15) is 5.56 Å². The van der Waals surface area contributed by atoms with Crippen LogP contribution in [-0.4, -0.2) is 14.2 Å². The Balaban J connectivity index is 2.95. The van der Waals surface area contributed by atoms with Crippen molar-refractivity contribution in [3.8, 4) is 6.07 Å². The highest BCUT2D eigenvalue weighted by Crippen LogP contribution is 2.15.